The van der Waals surface area contributed by atoms with Gasteiger partial charge in [-0.15, -0.1) is 0 Å². The standard InChI is InChI=1S/C28H40F2N4O3S/c1-8-33(26(35)24-13-10-16-34(24)38(7,36)37)18-28(5)15-14-20(27(28,3)4)19(2)17-23(32-31-6)25-21(29)11-9-12-22(25)30/h9,11-12,17,20,24H,2,8,10,13-16,18H2,1,3-7H3/b23-17-,32-31-/t20-,24?,28-/m0/s1. The molecule has 210 valence electrons. The van der Waals surface area contributed by atoms with Crippen LogP contribution in [0.5, 0.6) is 0 Å². The Morgan fingerprint density at radius 2 is 1.87 bits per heavy atom. The van der Waals surface area contributed by atoms with Gasteiger partial charge in [0.1, 0.15) is 17.7 Å². The number of amides is 1. The summed E-state index contributed by atoms with van der Waals surface area (Å²) in [6, 6.07) is 3.01. The quantitative estimate of drug-likeness (QED) is 0.294. The first-order chi connectivity index (χ1) is 17.7. The lowest BCUT2D eigenvalue weighted by Crippen LogP contribution is -2.52. The van der Waals surface area contributed by atoms with Gasteiger partial charge in [0.25, 0.3) is 0 Å². The number of azo groups is 1. The maximum absolute atomic E-state index is 14.5. The minimum atomic E-state index is -3.47. The van der Waals surface area contributed by atoms with E-state index in [1.54, 1.807) is 11.0 Å². The van der Waals surface area contributed by atoms with Crippen LogP contribution in [-0.2, 0) is 14.8 Å². The molecule has 3 atom stereocenters. The first-order valence-corrected chi connectivity index (χ1v) is 14.9. The summed E-state index contributed by atoms with van der Waals surface area (Å²) in [5.74, 6) is -1.63. The topological polar surface area (TPSA) is 82.4 Å². The molecule has 0 radical (unpaired) electrons. The fourth-order valence-corrected chi connectivity index (χ4v) is 7.26. The van der Waals surface area contributed by atoms with Crippen molar-refractivity contribution in [2.75, 3.05) is 32.9 Å². The smallest absolute Gasteiger partial charge is 0.241 e. The molecule has 0 N–H and O–H groups in total. The van der Waals surface area contributed by atoms with Gasteiger partial charge in [-0.2, -0.15) is 14.5 Å². The van der Waals surface area contributed by atoms with Crippen molar-refractivity contribution in [3.63, 3.8) is 0 Å². The predicted molar refractivity (Wildman–Crippen MR) is 146 cm³/mol. The van der Waals surface area contributed by atoms with Crippen LogP contribution in [0.15, 0.2) is 46.7 Å². The van der Waals surface area contributed by atoms with E-state index in [0.29, 0.717) is 38.0 Å². The maximum atomic E-state index is 14.5. The molecule has 1 unspecified atom stereocenters. The molecule has 1 aliphatic heterocycles. The molecule has 1 aliphatic carbocycles. The van der Waals surface area contributed by atoms with Crippen LogP contribution in [0.25, 0.3) is 5.70 Å². The maximum Gasteiger partial charge on any atom is 0.241 e. The molecule has 0 aromatic heterocycles. The Morgan fingerprint density at radius 1 is 1.24 bits per heavy atom. The highest BCUT2D eigenvalue weighted by Crippen LogP contribution is 2.58. The van der Waals surface area contributed by atoms with Gasteiger partial charge < -0.3 is 4.90 Å². The van der Waals surface area contributed by atoms with Crippen LogP contribution >= 0.6 is 0 Å². The number of nitrogens with zero attached hydrogens (tertiary/aromatic N) is 4. The Balaban J connectivity index is 1.86. The molecule has 1 aromatic carbocycles. The lowest BCUT2D eigenvalue weighted by atomic mass is 9.64. The van der Waals surface area contributed by atoms with E-state index in [1.165, 1.54) is 29.6 Å². The first-order valence-electron chi connectivity index (χ1n) is 13.1. The molecule has 0 bridgehead atoms. The van der Waals surface area contributed by atoms with Gasteiger partial charge in [0.05, 0.1) is 17.5 Å². The summed E-state index contributed by atoms with van der Waals surface area (Å²) in [5, 5.41) is 7.77. The molecule has 1 amide bonds. The zero-order chi connectivity index (χ0) is 28.5. The number of sulfonamides is 1. The predicted octanol–water partition coefficient (Wildman–Crippen LogP) is 5.66. The minimum absolute atomic E-state index is 0.0304. The Labute approximate surface area is 225 Å². The van der Waals surface area contributed by atoms with Crippen molar-refractivity contribution >= 4 is 21.6 Å². The zero-order valence-electron chi connectivity index (χ0n) is 23.3. The molecule has 1 aromatic rings. The van der Waals surface area contributed by atoms with Crippen molar-refractivity contribution in [1.29, 1.82) is 0 Å². The fourth-order valence-electron chi connectivity index (χ4n) is 6.14. The monoisotopic (exact) mass is 550 g/mol. The largest absolute Gasteiger partial charge is 0.341 e. The first kappa shape index (κ1) is 30.1. The van der Waals surface area contributed by atoms with Gasteiger partial charge in [-0.1, -0.05) is 33.4 Å². The Morgan fingerprint density at radius 3 is 2.42 bits per heavy atom. The zero-order valence-corrected chi connectivity index (χ0v) is 24.1. The van der Waals surface area contributed by atoms with Gasteiger partial charge >= 0.3 is 0 Å². The van der Waals surface area contributed by atoms with E-state index in [9.17, 15) is 22.0 Å². The van der Waals surface area contributed by atoms with Crippen LogP contribution < -0.4 is 0 Å². The van der Waals surface area contributed by atoms with E-state index < -0.39 is 27.7 Å². The number of hydrogen-bond donors (Lipinski definition) is 0. The number of halogens is 2. The lowest BCUT2D eigenvalue weighted by molar-refractivity contribution is -0.137. The van der Waals surface area contributed by atoms with Gasteiger partial charge in [-0.3, -0.25) is 4.79 Å². The fraction of sp³-hybridized carbons (Fsp3) is 0.607. The minimum Gasteiger partial charge on any atom is -0.341 e. The molecule has 1 heterocycles. The van der Waals surface area contributed by atoms with Crippen LogP contribution in [0.2, 0.25) is 0 Å². The third-order valence-electron chi connectivity index (χ3n) is 8.76. The third kappa shape index (κ3) is 5.76. The molecule has 10 heteroatoms. The molecule has 38 heavy (non-hydrogen) atoms. The number of allylic oxidation sites excluding steroid dienone is 2. The summed E-state index contributed by atoms with van der Waals surface area (Å²) in [7, 11) is -2.03. The summed E-state index contributed by atoms with van der Waals surface area (Å²) >= 11 is 0. The Kier molecular flexibility index (Phi) is 8.98. The average molecular weight is 551 g/mol. The van der Waals surface area contributed by atoms with E-state index in [1.807, 2.05) is 6.92 Å². The molecule has 0 spiro atoms. The second-order valence-corrected chi connectivity index (χ2v) is 13.2. The molecular weight excluding hydrogens is 510 g/mol. The normalized spacial score (nSPS) is 26.3. The van der Waals surface area contributed by atoms with E-state index >= 15 is 0 Å². The van der Waals surface area contributed by atoms with Gasteiger partial charge in [-0.25, -0.2) is 17.2 Å². The number of hydrogen-bond acceptors (Lipinski definition) is 5. The van der Waals surface area contributed by atoms with Crippen molar-refractivity contribution in [2.24, 2.45) is 27.0 Å². The molecular formula is C28H40F2N4O3S. The number of benzene rings is 1. The van der Waals surface area contributed by atoms with Crippen molar-refractivity contribution in [1.82, 2.24) is 9.21 Å². The highest BCUT2D eigenvalue weighted by Gasteiger charge is 2.53. The second kappa shape index (κ2) is 11.3. The molecule has 2 fully saturated rings. The van der Waals surface area contributed by atoms with Crippen molar-refractivity contribution < 1.29 is 22.0 Å². The van der Waals surface area contributed by atoms with Crippen LogP contribution in [0.4, 0.5) is 8.78 Å². The van der Waals surface area contributed by atoms with Crippen LogP contribution in [0, 0.1) is 28.4 Å². The third-order valence-corrected chi connectivity index (χ3v) is 10.0. The van der Waals surface area contributed by atoms with E-state index in [4.69, 9.17) is 0 Å². The summed E-state index contributed by atoms with van der Waals surface area (Å²) in [6.07, 6.45) is 5.53. The van der Waals surface area contributed by atoms with Gasteiger partial charge in [0.2, 0.25) is 15.9 Å². The second-order valence-electron chi connectivity index (χ2n) is 11.3. The molecule has 7 nitrogen and oxygen atoms in total. The van der Waals surface area contributed by atoms with Crippen LogP contribution in [0.1, 0.15) is 58.9 Å². The van der Waals surface area contributed by atoms with Gasteiger partial charge in [0, 0.05) is 26.7 Å². The lowest BCUT2D eigenvalue weighted by Gasteiger charge is -2.45. The number of rotatable bonds is 9. The highest BCUT2D eigenvalue weighted by molar-refractivity contribution is 7.88. The van der Waals surface area contributed by atoms with Crippen molar-refractivity contribution in [2.45, 2.75) is 59.4 Å². The van der Waals surface area contributed by atoms with Crippen LogP contribution in [-0.4, -0.2) is 62.5 Å². The Bertz CT molecular complexity index is 1220. The van der Waals surface area contributed by atoms with E-state index in [0.717, 1.165) is 19.1 Å². The summed E-state index contributed by atoms with van der Waals surface area (Å²) < 4.78 is 54.9. The number of carbonyl (C=O) groups is 1. The SMILES string of the molecule is C=C(/C=C(\N=N/C)c1c(F)cccc1F)[C@@H]1CC[C@@](C)(CN(CC)C(=O)C2CCCN2S(C)(=O)=O)C1(C)C. The summed E-state index contributed by atoms with van der Waals surface area (Å²) in [6.45, 7) is 13.9. The van der Waals surface area contributed by atoms with E-state index in [2.05, 4.69) is 37.6 Å². The molecule has 3 rings (SSSR count). The van der Waals surface area contributed by atoms with Crippen LogP contribution in [0.3, 0.4) is 0 Å². The average Bonchev–Trinajstić information content (AvgIpc) is 3.40. The molecule has 1 saturated carbocycles. The highest BCUT2D eigenvalue weighted by atomic mass is 32.2. The molecule has 2 aliphatic rings. The van der Waals surface area contributed by atoms with Crippen molar-refractivity contribution in [3.05, 3.63) is 53.6 Å². The summed E-state index contributed by atoms with van der Waals surface area (Å²) in [5.41, 5.74) is -0.109. The van der Waals surface area contributed by atoms with Crippen molar-refractivity contribution in [3.8, 4) is 0 Å². The van der Waals surface area contributed by atoms with E-state index in [-0.39, 0.29) is 33.9 Å². The van der Waals surface area contributed by atoms with Gasteiger partial charge in [0.15, 0.2) is 0 Å². The summed E-state index contributed by atoms with van der Waals surface area (Å²) in [4.78, 5) is 15.3. The number of likely N-dealkylation sites (N-methyl/N-ethyl adjacent to an activating group) is 1. The molecule has 1 saturated heterocycles. The Hall–Kier alpha value is -2.46. The number of carbonyl (C=O) groups excluding carboxylic acids is 1. The van der Waals surface area contributed by atoms with Gasteiger partial charge in [-0.05, 0) is 73.1 Å².